The van der Waals surface area contributed by atoms with Crippen LogP contribution in [0.1, 0.15) is 31.8 Å². The molecule has 0 unspecified atom stereocenters. The van der Waals surface area contributed by atoms with Crippen LogP contribution in [0.5, 0.6) is 40.2 Å². The third-order valence-corrected chi connectivity index (χ3v) is 6.94. The van der Waals surface area contributed by atoms with Crippen LogP contribution in [0.2, 0.25) is 0 Å². The van der Waals surface area contributed by atoms with Crippen molar-refractivity contribution in [1.82, 2.24) is 0 Å². The van der Waals surface area contributed by atoms with E-state index in [4.69, 9.17) is 14.9 Å². The highest BCUT2D eigenvalue weighted by Gasteiger charge is 2.15. The number of carbonyl (C=O) groups is 2. The van der Waals surface area contributed by atoms with Gasteiger partial charge < -0.3 is 30.3 Å². The van der Waals surface area contributed by atoms with Crippen LogP contribution in [-0.4, -0.2) is 37.1 Å². The minimum absolute atomic E-state index is 0.0675. The topological polar surface area (TPSA) is 145 Å². The van der Waals surface area contributed by atoms with E-state index in [0.29, 0.717) is 28.4 Å². The van der Waals surface area contributed by atoms with Crippen LogP contribution in [0.15, 0.2) is 150 Å². The molecular formula is C38H29BrO8. The summed E-state index contributed by atoms with van der Waals surface area (Å²) in [5.41, 5.74) is 1.41. The van der Waals surface area contributed by atoms with Gasteiger partial charge >= 0.3 is 0 Å². The van der Waals surface area contributed by atoms with Gasteiger partial charge in [0.25, 0.3) is 0 Å². The van der Waals surface area contributed by atoms with Crippen molar-refractivity contribution in [3.8, 4) is 40.2 Å². The van der Waals surface area contributed by atoms with Crippen LogP contribution in [0.4, 0.5) is 0 Å². The first kappa shape index (κ1) is 33.8. The zero-order chi connectivity index (χ0) is 33.8. The summed E-state index contributed by atoms with van der Waals surface area (Å²) < 4.78 is 6.55. The summed E-state index contributed by atoms with van der Waals surface area (Å²) in [5.74, 6) is 0.419. The van der Waals surface area contributed by atoms with Gasteiger partial charge in [0, 0.05) is 27.7 Å². The molecule has 0 aromatic heterocycles. The van der Waals surface area contributed by atoms with Crippen LogP contribution in [0, 0.1) is 0 Å². The largest absolute Gasteiger partial charge is 0.508 e. The van der Waals surface area contributed by atoms with E-state index >= 15 is 0 Å². The summed E-state index contributed by atoms with van der Waals surface area (Å²) in [6.45, 7) is 0. The number of carbonyl (C=O) groups excluding carboxylic acids is 2. The van der Waals surface area contributed by atoms with Crippen molar-refractivity contribution >= 4 is 27.5 Å². The fourth-order valence-corrected chi connectivity index (χ4v) is 4.32. The van der Waals surface area contributed by atoms with E-state index in [2.05, 4.69) is 15.9 Å². The summed E-state index contributed by atoms with van der Waals surface area (Å²) in [6.07, 6.45) is 0. The van der Waals surface area contributed by atoms with Crippen molar-refractivity contribution in [3.05, 3.63) is 172 Å². The van der Waals surface area contributed by atoms with E-state index in [1.165, 1.54) is 36.4 Å². The number of rotatable bonds is 6. The molecule has 0 saturated carbocycles. The number of phenolic OH excluding ortho intramolecular Hbond substituents is 5. The molecule has 9 heteroatoms. The molecule has 8 nitrogen and oxygen atoms in total. The zero-order valence-corrected chi connectivity index (χ0v) is 26.3. The van der Waals surface area contributed by atoms with Crippen molar-refractivity contribution < 1.29 is 39.9 Å². The molecule has 0 aliphatic rings. The van der Waals surface area contributed by atoms with Gasteiger partial charge in [0.2, 0.25) is 0 Å². The first-order valence-electron chi connectivity index (χ1n) is 14.1. The third kappa shape index (κ3) is 9.97. The Morgan fingerprint density at radius 3 is 1.30 bits per heavy atom. The first-order valence-corrected chi connectivity index (χ1v) is 14.9. The predicted molar refractivity (Wildman–Crippen MR) is 182 cm³/mol. The highest BCUT2D eigenvalue weighted by atomic mass is 79.9. The Morgan fingerprint density at radius 2 is 0.851 bits per heavy atom. The first-order chi connectivity index (χ1) is 22.6. The Labute approximate surface area is 279 Å². The molecule has 0 amide bonds. The standard InChI is InChI=1S/C19H14O4.C13H10O3.C6H5BrO/c20-14-6-8-15(9-7-14)23-16-10-11-17(18(21)12-16)19(22)13-4-2-1-3-5-13;14-10-6-7-11(12(15)8-10)13(16)9-4-2-1-3-5-9;7-5-1-3-6(8)4-2-5/h1-12,20-21H;1-8,14-15H;1-4,8H. The van der Waals surface area contributed by atoms with Gasteiger partial charge in [0.05, 0.1) is 11.1 Å². The van der Waals surface area contributed by atoms with Gasteiger partial charge in [-0.15, -0.1) is 0 Å². The van der Waals surface area contributed by atoms with Gasteiger partial charge in [0.1, 0.15) is 40.2 Å². The lowest BCUT2D eigenvalue weighted by Crippen LogP contribution is -2.01. The quantitative estimate of drug-likeness (QED) is 0.109. The fraction of sp³-hybridized carbons (Fsp3) is 0. The van der Waals surface area contributed by atoms with Crippen molar-refractivity contribution in [3.63, 3.8) is 0 Å². The number of hydrogen-bond acceptors (Lipinski definition) is 8. The maximum Gasteiger partial charge on any atom is 0.196 e. The molecule has 0 aliphatic heterocycles. The van der Waals surface area contributed by atoms with E-state index in [0.717, 1.165) is 10.5 Å². The second kappa shape index (κ2) is 16.3. The van der Waals surface area contributed by atoms with Gasteiger partial charge in [-0.3, -0.25) is 9.59 Å². The summed E-state index contributed by atoms with van der Waals surface area (Å²) in [7, 11) is 0. The molecule has 236 valence electrons. The number of ketones is 2. The second-order valence-corrected chi connectivity index (χ2v) is 10.8. The van der Waals surface area contributed by atoms with E-state index in [1.807, 2.05) is 12.1 Å². The molecule has 0 bridgehead atoms. The zero-order valence-electron chi connectivity index (χ0n) is 24.7. The predicted octanol–water partition coefficient (Wildman–Crippen LogP) is 8.60. The van der Waals surface area contributed by atoms with Crippen LogP contribution >= 0.6 is 15.9 Å². The molecule has 0 radical (unpaired) electrons. The molecular weight excluding hydrogens is 664 g/mol. The Hall–Kier alpha value is -6.06. The molecule has 6 aromatic rings. The Bertz CT molecular complexity index is 1910. The maximum absolute atomic E-state index is 12.3. The molecule has 0 spiro atoms. The number of halogens is 1. The summed E-state index contributed by atoms with van der Waals surface area (Å²) in [4.78, 5) is 24.3. The normalized spacial score (nSPS) is 9.98. The SMILES string of the molecule is O=C(c1ccccc1)c1ccc(O)cc1O.O=C(c1ccccc1)c1ccc(Oc2ccc(O)cc2)cc1O.Oc1ccc(Br)cc1. The molecule has 0 heterocycles. The molecule has 0 saturated heterocycles. The molecule has 6 aromatic carbocycles. The van der Waals surface area contributed by atoms with Crippen molar-refractivity contribution in [2.24, 2.45) is 0 Å². The van der Waals surface area contributed by atoms with Gasteiger partial charge in [0.15, 0.2) is 11.6 Å². The minimum Gasteiger partial charge on any atom is -0.508 e. The minimum atomic E-state index is -0.266. The number of hydrogen-bond donors (Lipinski definition) is 5. The fourth-order valence-electron chi connectivity index (χ4n) is 4.06. The molecule has 0 atom stereocenters. The molecule has 0 aliphatic carbocycles. The lowest BCUT2D eigenvalue weighted by atomic mass is 10.0. The Kier molecular flexibility index (Phi) is 11.7. The number of ether oxygens (including phenoxy) is 1. The summed E-state index contributed by atoms with van der Waals surface area (Å²) in [5, 5.41) is 46.7. The van der Waals surface area contributed by atoms with Crippen LogP contribution in [0.25, 0.3) is 0 Å². The third-order valence-electron chi connectivity index (χ3n) is 6.41. The monoisotopic (exact) mass is 692 g/mol. The second-order valence-electron chi connectivity index (χ2n) is 9.84. The maximum atomic E-state index is 12.3. The van der Waals surface area contributed by atoms with Crippen LogP contribution in [0.3, 0.4) is 0 Å². The molecule has 5 N–H and O–H groups in total. The average Bonchev–Trinajstić information content (AvgIpc) is 3.08. The van der Waals surface area contributed by atoms with Gasteiger partial charge in [-0.25, -0.2) is 0 Å². The van der Waals surface area contributed by atoms with Crippen molar-refractivity contribution in [2.45, 2.75) is 0 Å². The van der Waals surface area contributed by atoms with Gasteiger partial charge in [-0.2, -0.15) is 0 Å². The van der Waals surface area contributed by atoms with Crippen LogP contribution in [-0.2, 0) is 0 Å². The lowest BCUT2D eigenvalue weighted by Gasteiger charge is -2.09. The van der Waals surface area contributed by atoms with E-state index in [9.17, 15) is 24.9 Å². The van der Waals surface area contributed by atoms with Gasteiger partial charge in [-0.05, 0) is 72.8 Å². The smallest absolute Gasteiger partial charge is 0.196 e. The average molecular weight is 694 g/mol. The highest BCUT2D eigenvalue weighted by Crippen LogP contribution is 2.30. The lowest BCUT2D eigenvalue weighted by molar-refractivity contribution is 0.102. The Balaban J connectivity index is 0.000000180. The van der Waals surface area contributed by atoms with Crippen molar-refractivity contribution in [2.75, 3.05) is 0 Å². The number of benzene rings is 6. The number of phenols is 5. The Morgan fingerprint density at radius 1 is 0.447 bits per heavy atom. The van der Waals surface area contributed by atoms with E-state index in [1.54, 1.807) is 91.0 Å². The molecule has 0 fully saturated rings. The van der Waals surface area contributed by atoms with Crippen molar-refractivity contribution in [1.29, 1.82) is 0 Å². The summed E-state index contributed by atoms with van der Waals surface area (Å²) in [6, 6.07) is 38.9. The highest BCUT2D eigenvalue weighted by molar-refractivity contribution is 9.10. The van der Waals surface area contributed by atoms with E-state index in [-0.39, 0.29) is 45.7 Å². The van der Waals surface area contributed by atoms with Crippen LogP contribution < -0.4 is 4.74 Å². The molecule has 47 heavy (non-hydrogen) atoms. The van der Waals surface area contributed by atoms with Gasteiger partial charge in [-0.1, -0.05) is 76.6 Å². The number of aromatic hydroxyl groups is 5. The molecule has 6 rings (SSSR count). The summed E-state index contributed by atoms with van der Waals surface area (Å²) >= 11 is 3.23. The van der Waals surface area contributed by atoms with E-state index < -0.39 is 0 Å².